The minimum absolute atomic E-state index is 0.259. The summed E-state index contributed by atoms with van der Waals surface area (Å²) in [5.41, 5.74) is 0. The van der Waals surface area contributed by atoms with E-state index in [9.17, 15) is 8.42 Å². The normalized spacial score (nSPS) is 22.1. The second-order valence-corrected chi connectivity index (χ2v) is 7.24. The number of hydrogen-bond acceptors (Lipinski definition) is 4. The van der Waals surface area contributed by atoms with Crippen LogP contribution < -0.4 is 10.0 Å². The third-order valence-corrected chi connectivity index (χ3v) is 5.10. The first-order chi connectivity index (χ1) is 9.53. The maximum atomic E-state index is 12.1. The highest BCUT2D eigenvalue weighted by atomic mass is 32.2. The smallest absolute Gasteiger partial charge is 0.243 e. The molecule has 0 spiro atoms. The molecule has 1 heterocycles. The Morgan fingerprint density at radius 3 is 2.90 bits per heavy atom. The quantitative estimate of drug-likeness (QED) is 0.662. The molecular formula is C13H24N4O2S. The maximum Gasteiger partial charge on any atom is 0.243 e. The lowest BCUT2D eigenvalue weighted by atomic mass is 10.3. The molecule has 2 N–H and O–H groups in total. The molecule has 1 aliphatic carbocycles. The zero-order chi connectivity index (χ0) is 14.6. The van der Waals surface area contributed by atoms with E-state index in [1.165, 1.54) is 6.20 Å². The van der Waals surface area contributed by atoms with Crippen LogP contribution in [0.25, 0.3) is 0 Å². The lowest BCUT2D eigenvalue weighted by molar-refractivity contribution is 0.548. The van der Waals surface area contributed by atoms with Crippen LogP contribution >= 0.6 is 0 Å². The highest BCUT2D eigenvalue weighted by molar-refractivity contribution is 7.89. The first-order valence-electron chi connectivity index (χ1n) is 7.25. The number of hydrogen-bond donors (Lipinski definition) is 2. The van der Waals surface area contributed by atoms with Gasteiger partial charge >= 0.3 is 0 Å². The Kier molecular flexibility index (Phi) is 5.17. The summed E-state index contributed by atoms with van der Waals surface area (Å²) in [6.07, 6.45) is 5.07. The highest BCUT2D eigenvalue weighted by Gasteiger charge is 2.33. The molecule has 0 aromatic carbocycles. The molecule has 2 rings (SSSR count). The van der Waals surface area contributed by atoms with Gasteiger partial charge in [-0.15, -0.1) is 0 Å². The van der Waals surface area contributed by atoms with Gasteiger partial charge in [0.25, 0.3) is 0 Å². The highest BCUT2D eigenvalue weighted by Crippen LogP contribution is 2.37. The second kappa shape index (κ2) is 6.69. The predicted molar refractivity (Wildman–Crippen MR) is 77.8 cm³/mol. The molecule has 114 valence electrons. The van der Waals surface area contributed by atoms with Gasteiger partial charge in [-0.25, -0.2) is 13.1 Å². The molecule has 2 atom stereocenters. The Morgan fingerprint density at radius 1 is 1.50 bits per heavy atom. The van der Waals surface area contributed by atoms with Crippen molar-refractivity contribution in [1.82, 2.24) is 19.8 Å². The number of nitrogens with one attached hydrogen (secondary N) is 2. The molecule has 7 heteroatoms. The molecule has 1 saturated carbocycles. The monoisotopic (exact) mass is 300 g/mol. The molecule has 6 nitrogen and oxygen atoms in total. The van der Waals surface area contributed by atoms with E-state index in [2.05, 4.69) is 29.0 Å². The SMILES string of the molecule is CCNCCCn1cc(S(=O)(=O)NCC2CC2C)cn1. The van der Waals surface area contributed by atoms with Crippen LogP contribution in [0.15, 0.2) is 17.3 Å². The van der Waals surface area contributed by atoms with E-state index < -0.39 is 10.0 Å². The van der Waals surface area contributed by atoms with Gasteiger partial charge in [0, 0.05) is 19.3 Å². The van der Waals surface area contributed by atoms with Gasteiger partial charge in [0.05, 0.1) is 6.20 Å². The van der Waals surface area contributed by atoms with Gasteiger partial charge in [-0.3, -0.25) is 4.68 Å². The number of nitrogens with zero attached hydrogens (tertiary/aromatic N) is 2. The third kappa shape index (κ3) is 4.29. The Balaban J connectivity index is 1.83. The Morgan fingerprint density at radius 2 is 2.25 bits per heavy atom. The van der Waals surface area contributed by atoms with Gasteiger partial charge in [-0.05, 0) is 37.8 Å². The van der Waals surface area contributed by atoms with E-state index in [0.717, 1.165) is 32.5 Å². The standard InChI is InChI=1S/C13H24N4O2S/c1-3-14-5-4-6-17-10-13(9-15-17)20(18,19)16-8-12-7-11(12)2/h9-12,14,16H,3-8H2,1-2H3. The van der Waals surface area contributed by atoms with E-state index in [4.69, 9.17) is 0 Å². The number of aryl methyl sites for hydroxylation is 1. The van der Waals surface area contributed by atoms with E-state index in [-0.39, 0.29) is 4.90 Å². The summed E-state index contributed by atoms with van der Waals surface area (Å²) in [5.74, 6) is 1.14. The van der Waals surface area contributed by atoms with E-state index in [1.807, 2.05) is 0 Å². The Labute approximate surface area is 121 Å². The fourth-order valence-corrected chi connectivity index (χ4v) is 3.18. The largest absolute Gasteiger partial charge is 0.317 e. The van der Waals surface area contributed by atoms with Crippen molar-refractivity contribution in [2.24, 2.45) is 11.8 Å². The fraction of sp³-hybridized carbons (Fsp3) is 0.769. The lowest BCUT2D eigenvalue weighted by Crippen LogP contribution is -2.25. The van der Waals surface area contributed by atoms with Crippen LogP contribution in [0.5, 0.6) is 0 Å². The minimum Gasteiger partial charge on any atom is -0.317 e. The first kappa shape index (κ1) is 15.5. The molecule has 2 unspecified atom stereocenters. The third-order valence-electron chi connectivity index (χ3n) is 3.72. The van der Waals surface area contributed by atoms with Crippen LogP contribution in [0.1, 0.15) is 26.7 Å². The van der Waals surface area contributed by atoms with Crippen molar-refractivity contribution in [3.05, 3.63) is 12.4 Å². The molecule has 1 aromatic heterocycles. The maximum absolute atomic E-state index is 12.1. The van der Waals surface area contributed by atoms with Crippen molar-refractivity contribution in [3.8, 4) is 0 Å². The van der Waals surface area contributed by atoms with Crippen LogP contribution in [-0.2, 0) is 16.6 Å². The molecule has 1 aromatic rings. The predicted octanol–water partition coefficient (Wildman–Crippen LogP) is 0.817. The molecule has 0 amide bonds. The molecular weight excluding hydrogens is 276 g/mol. The van der Waals surface area contributed by atoms with Crippen molar-refractivity contribution in [2.45, 2.75) is 38.1 Å². The van der Waals surface area contributed by atoms with E-state index >= 15 is 0 Å². The van der Waals surface area contributed by atoms with E-state index in [1.54, 1.807) is 10.9 Å². The summed E-state index contributed by atoms with van der Waals surface area (Å²) in [6, 6.07) is 0. The second-order valence-electron chi connectivity index (χ2n) is 5.47. The summed E-state index contributed by atoms with van der Waals surface area (Å²) in [6.45, 7) is 7.32. The summed E-state index contributed by atoms with van der Waals surface area (Å²) in [4.78, 5) is 0.259. The minimum atomic E-state index is -3.40. The summed E-state index contributed by atoms with van der Waals surface area (Å²) in [7, 11) is -3.40. The van der Waals surface area contributed by atoms with Crippen LogP contribution in [0, 0.1) is 11.8 Å². The molecule has 1 fully saturated rings. The Bertz CT molecular complexity index is 526. The molecule has 1 aliphatic rings. The average Bonchev–Trinajstić information content (AvgIpc) is 2.90. The fourth-order valence-electron chi connectivity index (χ4n) is 2.13. The van der Waals surface area contributed by atoms with Crippen LogP contribution in [-0.4, -0.2) is 37.8 Å². The molecule has 0 aliphatic heterocycles. The first-order valence-corrected chi connectivity index (χ1v) is 8.74. The van der Waals surface area contributed by atoms with Crippen molar-refractivity contribution >= 4 is 10.0 Å². The topological polar surface area (TPSA) is 76.0 Å². The summed E-state index contributed by atoms with van der Waals surface area (Å²) < 4.78 is 28.5. The van der Waals surface area contributed by atoms with Gasteiger partial charge in [-0.2, -0.15) is 5.10 Å². The van der Waals surface area contributed by atoms with Crippen molar-refractivity contribution < 1.29 is 8.42 Å². The van der Waals surface area contributed by atoms with Gasteiger partial charge < -0.3 is 5.32 Å². The van der Waals surface area contributed by atoms with E-state index in [0.29, 0.717) is 18.4 Å². The Hall–Kier alpha value is -0.920. The van der Waals surface area contributed by atoms with Crippen LogP contribution in [0.2, 0.25) is 0 Å². The van der Waals surface area contributed by atoms with Crippen molar-refractivity contribution in [2.75, 3.05) is 19.6 Å². The van der Waals surface area contributed by atoms with Crippen molar-refractivity contribution in [1.29, 1.82) is 0 Å². The molecule has 0 saturated heterocycles. The van der Waals surface area contributed by atoms with Gasteiger partial charge in [0.15, 0.2) is 0 Å². The zero-order valence-electron chi connectivity index (χ0n) is 12.2. The summed E-state index contributed by atoms with van der Waals surface area (Å²) in [5, 5.41) is 7.34. The molecule has 0 radical (unpaired) electrons. The number of aromatic nitrogens is 2. The van der Waals surface area contributed by atoms with Crippen LogP contribution in [0.3, 0.4) is 0 Å². The van der Waals surface area contributed by atoms with Gasteiger partial charge in [0.2, 0.25) is 10.0 Å². The number of sulfonamides is 1. The van der Waals surface area contributed by atoms with Crippen LogP contribution in [0.4, 0.5) is 0 Å². The van der Waals surface area contributed by atoms with Gasteiger partial charge in [0.1, 0.15) is 4.90 Å². The average molecular weight is 300 g/mol. The lowest BCUT2D eigenvalue weighted by Gasteiger charge is -2.04. The van der Waals surface area contributed by atoms with Crippen molar-refractivity contribution in [3.63, 3.8) is 0 Å². The van der Waals surface area contributed by atoms with Gasteiger partial charge in [-0.1, -0.05) is 13.8 Å². The number of rotatable bonds is 9. The zero-order valence-corrected chi connectivity index (χ0v) is 13.0. The summed E-state index contributed by atoms with van der Waals surface area (Å²) >= 11 is 0. The molecule has 0 bridgehead atoms. The molecule has 20 heavy (non-hydrogen) atoms.